The number of rotatable bonds is 9. The molecule has 0 amide bonds. The van der Waals surface area contributed by atoms with Gasteiger partial charge in [-0.25, -0.2) is 4.79 Å². The zero-order chi connectivity index (χ0) is 38.1. The number of halogens is 6. The van der Waals surface area contributed by atoms with Crippen molar-refractivity contribution in [2.24, 2.45) is 0 Å². The fraction of sp³-hybridized carbons (Fsp3) is 0.194. The molecular weight excluding hydrogens is 756 g/mol. The molecule has 3 aromatic heterocycles. The van der Waals surface area contributed by atoms with E-state index in [4.69, 9.17) is 23.4 Å². The van der Waals surface area contributed by atoms with Crippen LogP contribution in [-0.4, -0.2) is 60.7 Å². The smallest absolute Gasteiger partial charge is 0.493 e. The largest absolute Gasteiger partial charge is 0.534 e. The first-order valence-corrected chi connectivity index (χ1v) is 17.0. The van der Waals surface area contributed by atoms with E-state index in [0.717, 1.165) is 32.4 Å². The van der Waals surface area contributed by atoms with Crippen LogP contribution in [0.1, 0.15) is 0 Å². The summed E-state index contributed by atoms with van der Waals surface area (Å²) in [5, 5.41) is 0.919. The molecule has 6 rings (SSSR count). The molecule has 0 aliphatic rings. The molecule has 52 heavy (non-hydrogen) atoms. The number of hydrogen-bond donors (Lipinski definition) is 0. The lowest BCUT2D eigenvalue weighted by Crippen LogP contribution is -2.28. The number of benzene rings is 3. The summed E-state index contributed by atoms with van der Waals surface area (Å²) < 4.78 is 163. The third-order valence-electron chi connectivity index (χ3n) is 7.77. The summed E-state index contributed by atoms with van der Waals surface area (Å²) in [5.41, 5.74) is -12.8. The lowest BCUT2D eigenvalue weighted by atomic mass is 9.98. The first-order valence-electron chi connectivity index (χ1n) is 14.1. The summed E-state index contributed by atoms with van der Waals surface area (Å²) >= 11 is 0. The van der Waals surface area contributed by atoms with E-state index in [1.807, 2.05) is 0 Å². The number of fused-ring (bicyclic) bond motifs is 7. The van der Waals surface area contributed by atoms with E-state index in [1.165, 1.54) is 30.9 Å². The Balaban J connectivity index is 1.77. The number of methoxy groups -OCH3 is 4. The van der Waals surface area contributed by atoms with E-state index in [0.29, 0.717) is 22.6 Å². The van der Waals surface area contributed by atoms with Crippen LogP contribution in [0.5, 0.6) is 34.5 Å². The number of pyridine rings is 1. The summed E-state index contributed by atoms with van der Waals surface area (Å²) in [6.45, 7) is 0. The van der Waals surface area contributed by atoms with Gasteiger partial charge < -0.3 is 36.1 Å². The molecule has 0 unspecified atom stereocenters. The Hall–Kier alpha value is -5.57. The predicted molar refractivity (Wildman–Crippen MR) is 171 cm³/mol. The van der Waals surface area contributed by atoms with E-state index < -0.39 is 65.5 Å². The second-order valence-corrected chi connectivity index (χ2v) is 13.7. The maximum atomic E-state index is 13.7. The summed E-state index contributed by atoms with van der Waals surface area (Å²) in [4.78, 5) is 13.7. The topological polar surface area (TPSA) is 158 Å². The maximum Gasteiger partial charge on any atom is 0.534 e. The van der Waals surface area contributed by atoms with Crippen LogP contribution < -0.4 is 32.9 Å². The zero-order valence-corrected chi connectivity index (χ0v) is 28.3. The molecule has 3 aromatic carbocycles. The minimum Gasteiger partial charge on any atom is -0.493 e. The molecular formula is C31H21F6NO12S2. The van der Waals surface area contributed by atoms with Crippen molar-refractivity contribution in [3.05, 3.63) is 65.1 Å². The van der Waals surface area contributed by atoms with Crippen molar-refractivity contribution in [1.82, 2.24) is 4.40 Å². The minimum atomic E-state index is -6.21. The van der Waals surface area contributed by atoms with Gasteiger partial charge in [-0.3, -0.25) is 0 Å². The second kappa shape index (κ2) is 12.3. The van der Waals surface area contributed by atoms with Gasteiger partial charge in [-0.2, -0.15) is 43.2 Å². The van der Waals surface area contributed by atoms with Gasteiger partial charge in [0, 0.05) is 34.0 Å². The molecule has 0 spiro atoms. The zero-order valence-electron chi connectivity index (χ0n) is 26.6. The van der Waals surface area contributed by atoms with Gasteiger partial charge in [-0.05, 0) is 47.3 Å². The summed E-state index contributed by atoms with van der Waals surface area (Å²) in [7, 11) is -7.54. The average Bonchev–Trinajstić information content (AvgIpc) is 3.42. The minimum absolute atomic E-state index is 0.0238. The van der Waals surface area contributed by atoms with Crippen LogP contribution in [0.2, 0.25) is 0 Å². The highest BCUT2D eigenvalue weighted by Crippen LogP contribution is 2.47. The number of hydrogen-bond acceptors (Lipinski definition) is 12. The first-order chi connectivity index (χ1) is 24.3. The Kier molecular flexibility index (Phi) is 8.56. The van der Waals surface area contributed by atoms with Crippen LogP contribution in [0.15, 0.2) is 63.9 Å². The molecule has 13 nitrogen and oxygen atoms in total. The number of nitrogens with zero attached hydrogens (tertiary/aromatic N) is 1. The van der Waals surface area contributed by atoms with Crippen molar-refractivity contribution in [3.63, 3.8) is 0 Å². The van der Waals surface area contributed by atoms with E-state index in [-0.39, 0.29) is 38.7 Å². The Morgan fingerprint density at radius 3 is 1.71 bits per heavy atom. The molecule has 3 heterocycles. The lowest BCUT2D eigenvalue weighted by molar-refractivity contribution is -0.0505. The highest BCUT2D eigenvalue weighted by Gasteiger charge is 2.50. The van der Waals surface area contributed by atoms with Crippen LogP contribution in [0.3, 0.4) is 0 Å². The standard InChI is InChI=1S/C31H21F6NO12S2/c1-44-20-10-15(5-6-18(20)49-51(40,41)30(32,33)34)25-26-17-12-23(47-4)24(50-52(42,43)31(35,36)37)13-19(17)48-29(39)28(26)38-8-7-14-9-21(45-2)22(46-3)11-16(14)27(25)38/h5-13H,1-4H3. The molecule has 0 atom stereocenters. The van der Waals surface area contributed by atoms with Crippen molar-refractivity contribution < 1.29 is 74.9 Å². The van der Waals surface area contributed by atoms with Crippen molar-refractivity contribution >= 4 is 58.4 Å². The van der Waals surface area contributed by atoms with Crippen LogP contribution in [0.25, 0.3) is 49.3 Å². The Bertz CT molecular complexity index is 2720. The molecule has 21 heteroatoms. The van der Waals surface area contributed by atoms with Crippen LogP contribution in [-0.2, 0) is 20.2 Å². The number of alkyl halides is 6. The van der Waals surface area contributed by atoms with Gasteiger partial charge >= 0.3 is 36.9 Å². The average molecular weight is 778 g/mol. The molecule has 0 aliphatic carbocycles. The fourth-order valence-corrected chi connectivity index (χ4v) is 6.49. The Morgan fingerprint density at radius 2 is 1.13 bits per heavy atom. The highest BCUT2D eigenvalue weighted by atomic mass is 32.2. The Morgan fingerprint density at radius 1 is 0.615 bits per heavy atom. The molecule has 0 radical (unpaired) electrons. The molecule has 0 bridgehead atoms. The molecule has 0 saturated heterocycles. The third-order valence-corrected chi connectivity index (χ3v) is 9.70. The summed E-state index contributed by atoms with van der Waals surface area (Å²) in [6, 6.07) is 9.72. The predicted octanol–water partition coefficient (Wildman–Crippen LogP) is 6.51. The van der Waals surface area contributed by atoms with E-state index >= 15 is 0 Å². The fourth-order valence-electron chi connectivity index (χ4n) is 5.56. The third kappa shape index (κ3) is 5.78. The first kappa shape index (κ1) is 36.2. The van der Waals surface area contributed by atoms with E-state index in [9.17, 15) is 48.0 Å². The van der Waals surface area contributed by atoms with Crippen LogP contribution >= 0.6 is 0 Å². The molecule has 0 saturated carbocycles. The van der Waals surface area contributed by atoms with Gasteiger partial charge in [0.25, 0.3) is 0 Å². The van der Waals surface area contributed by atoms with Gasteiger partial charge in [0.2, 0.25) is 0 Å². The lowest BCUT2D eigenvalue weighted by Gasteiger charge is -2.15. The number of ether oxygens (including phenoxy) is 4. The van der Waals surface area contributed by atoms with Gasteiger partial charge in [0.15, 0.2) is 34.5 Å². The second-order valence-electron chi connectivity index (χ2n) is 10.6. The maximum absolute atomic E-state index is 13.7. The van der Waals surface area contributed by atoms with E-state index in [1.54, 1.807) is 18.2 Å². The normalized spacial score (nSPS) is 12.8. The van der Waals surface area contributed by atoms with Crippen molar-refractivity contribution in [1.29, 1.82) is 0 Å². The van der Waals surface area contributed by atoms with Gasteiger partial charge in [-0.15, -0.1) is 0 Å². The molecule has 6 aromatic rings. The van der Waals surface area contributed by atoms with Crippen molar-refractivity contribution in [3.8, 4) is 45.6 Å². The molecule has 0 fully saturated rings. The quantitative estimate of drug-likeness (QED) is 0.0680. The molecule has 0 aliphatic heterocycles. The van der Waals surface area contributed by atoms with Gasteiger partial charge in [0.05, 0.1) is 34.0 Å². The van der Waals surface area contributed by atoms with Crippen molar-refractivity contribution in [2.45, 2.75) is 11.0 Å². The summed E-state index contributed by atoms with van der Waals surface area (Å²) in [6.07, 6.45) is 1.48. The number of aromatic nitrogens is 1. The summed E-state index contributed by atoms with van der Waals surface area (Å²) in [5.74, 6) is -2.28. The van der Waals surface area contributed by atoms with Crippen LogP contribution in [0.4, 0.5) is 26.3 Å². The van der Waals surface area contributed by atoms with E-state index in [2.05, 4.69) is 8.37 Å². The van der Waals surface area contributed by atoms with Crippen molar-refractivity contribution in [2.75, 3.05) is 28.4 Å². The van der Waals surface area contributed by atoms with Gasteiger partial charge in [0.1, 0.15) is 11.1 Å². The Labute approximate surface area is 287 Å². The van der Waals surface area contributed by atoms with Gasteiger partial charge in [-0.1, -0.05) is 6.07 Å². The highest BCUT2D eigenvalue weighted by molar-refractivity contribution is 7.88. The molecule has 0 N–H and O–H groups in total. The van der Waals surface area contributed by atoms with Crippen LogP contribution in [0, 0.1) is 0 Å². The monoisotopic (exact) mass is 777 g/mol. The molecule has 276 valence electrons. The SMILES string of the molecule is COc1cc2ccn3c(c(-c4ccc(OS(=O)(=O)C(F)(F)F)c(OC)c4)c4c5cc(OC)c(OS(=O)(=O)C(F)(F)F)cc5oc(=O)c43)c2cc1OC.